The fourth-order valence-corrected chi connectivity index (χ4v) is 3.55. The van der Waals surface area contributed by atoms with Crippen LogP contribution in [0.15, 0.2) is 42.5 Å². The van der Waals surface area contributed by atoms with Crippen LogP contribution in [0.3, 0.4) is 0 Å². The number of amides is 1. The average molecular weight is 412 g/mol. The van der Waals surface area contributed by atoms with Crippen LogP contribution in [-0.2, 0) is 14.3 Å². The van der Waals surface area contributed by atoms with Crippen LogP contribution in [0, 0.1) is 0 Å². The molecule has 2 aromatic rings. The largest absolute Gasteiger partial charge is 0.482 e. The van der Waals surface area contributed by atoms with Crippen molar-refractivity contribution in [2.75, 3.05) is 43.6 Å². The number of anilines is 2. The molecule has 0 unspecified atom stereocenters. The Balaban J connectivity index is 1.56. The molecule has 2 aliphatic rings. The Labute approximate surface area is 174 Å². The highest BCUT2D eigenvalue weighted by molar-refractivity contribution is 6.03. The van der Waals surface area contributed by atoms with E-state index in [1.54, 1.807) is 31.2 Å². The molecule has 30 heavy (non-hydrogen) atoms. The maximum Gasteiger partial charge on any atom is 0.340 e. The van der Waals surface area contributed by atoms with Crippen molar-refractivity contribution in [1.29, 1.82) is 0 Å². The lowest BCUT2D eigenvalue weighted by Gasteiger charge is -2.31. The zero-order chi connectivity index (χ0) is 21.1. The number of carbonyl (C=O) groups is 2. The van der Waals surface area contributed by atoms with E-state index in [1.165, 1.54) is 7.11 Å². The van der Waals surface area contributed by atoms with Crippen molar-refractivity contribution < 1.29 is 28.5 Å². The Morgan fingerprint density at radius 3 is 2.47 bits per heavy atom. The van der Waals surface area contributed by atoms with Crippen LogP contribution in [-0.4, -0.2) is 57.5 Å². The smallest absolute Gasteiger partial charge is 0.340 e. The second kappa shape index (κ2) is 8.62. The molecule has 4 rings (SSSR count). The highest BCUT2D eigenvalue weighted by atomic mass is 16.6. The minimum Gasteiger partial charge on any atom is -0.482 e. The summed E-state index contributed by atoms with van der Waals surface area (Å²) in [6.45, 7) is 4.49. The minimum absolute atomic E-state index is 0.277. The van der Waals surface area contributed by atoms with E-state index in [0.29, 0.717) is 30.4 Å². The van der Waals surface area contributed by atoms with Crippen LogP contribution in [0.4, 0.5) is 11.4 Å². The average Bonchev–Trinajstić information content (AvgIpc) is 2.78. The molecular formula is C22H24N2O6. The summed E-state index contributed by atoms with van der Waals surface area (Å²) in [7, 11) is 1.31. The monoisotopic (exact) mass is 412 g/mol. The molecule has 8 heteroatoms. The molecule has 158 valence electrons. The van der Waals surface area contributed by atoms with Crippen LogP contribution in [0.25, 0.3) is 0 Å². The second-order valence-corrected chi connectivity index (χ2v) is 7.12. The van der Waals surface area contributed by atoms with Crippen molar-refractivity contribution in [2.24, 2.45) is 0 Å². The summed E-state index contributed by atoms with van der Waals surface area (Å²) in [6, 6.07) is 12.5. The molecule has 0 bridgehead atoms. The highest BCUT2D eigenvalue weighted by Crippen LogP contribution is 2.34. The van der Waals surface area contributed by atoms with Crippen LogP contribution < -0.4 is 19.7 Å². The fraction of sp³-hybridized carbons (Fsp3) is 0.364. The van der Waals surface area contributed by atoms with E-state index in [-0.39, 0.29) is 5.56 Å². The van der Waals surface area contributed by atoms with Crippen LogP contribution in [0.1, 0.15) is 17.3 Å². The SMILES string of the molecule is COC(=O)c1cc(N2CCOCC2)ccc1NC(=O)[C@@H]1Oc2ccccc2O[C@H]1C. The van der Waals surface area contributed by atoms with Gasteiger partial charge in [0.1, 0.15) is 6.10 Å². The summed E-state index contributed by atoms with van der Waals surface area (Å²) in [4.78, 5) is 27.4. The molecule has 0 radical (unpaired) electrons. The second-order valence-electron chi connectivity index (χ2n) is 7.12. The number of fused-ring (bicyclic) bond motifs is 1. The molecule has 0 aromatic heterocycles. The lowest BCUT2D eigenvalue weighted by Crippen LogP contribution is -2.46. The van der Waals surface area contributed by atoms with E-state index in [4.69, 9.17) is 18.9 Å². The predicted octanol–water partition coefficient (Wildman–Crippen LogP) is 2.48. The van der Waals surface area contributed by atoms with Gasteiger partial charge in [0.05, 0.1) is 31.6 Å². The first kappa shape index (κ1) is 20.0. The molecule has 1 fully saturated rings. The van der Waals surface area contributed by atoms with Crippen LogP contribution >= 0.6 is 0 Å². The van der Waals surface area contributed by atoms with Gasteiger partial charge in [0, 0.05) is 18.8 Å². The normalized spacial score (nSPS) is 20.4. The van der Waals surface area contributed by atoms with Gasteiger partial charge < -0.3 is 29.2 Å². The van der Waals surface area contributed by atoms with Gasteiger partial charge in [0.25, 0.3) is 5.91 Å². The van der Waals surface area contributed by atoms with E-state index >= 15 is 0 Å². The van der Waals surface area contributed by atoms with Gasteiger partial charge in [-0.05, 0) is 37.3 Å². The van der Waals surface area contributed by atoms with Gasteiger partial charge in [-0.1, -0.05) is 12.1 Å². The standard InChI is InChI=1S/C22H24N2O6/c1-14-20(30-19-6-4-3-5-18(19)29-14)21(25)23-17-8-7-15(13-16(17)22(26)27-2)24-9-11-28-12-10-24/h3-8,13-14,20H,9-12H2,1-2H3,(H,23,25)/t14-,20+/m0/s1. The molecule has 0 saturated carbocycles. The van der Waals surface area contributed by atoms with Gasteiger partial charge in [-0.3, -0.25) is 4.79 Å². The number of hydrogen-bond donors (Lipinski definition) is 1. The van der Waals surface area contributed by atoms with Gasteiger partial charge in [-0.25, -0.2) is 4.79 Å². The summed E-state index contributed by atoms with van der Waals surface area (Å²) < 4.78 is 22.0. The third-order valence-corrected chi connectivity index (χ3v) is 5.14. The Morgan fingerprint density at radius 2 is 1.77 bits per heavy atom. The van der Waals surface area contributed by atoms with Gasteiger partial charge in [-0.2, -0.15) is 0 Å². The Morgan fingerprint density at radius 1 is 1.07 bits per heavy atom. The van der Waals surface area contributed by atoms with Crippen LogP contribution in [0.2, 0.25) is 0 Å². The summed E-state index contributed by atoms with van der Waals surface area (Å²) in [6.07, 6.45) is -1.35. The third-order valence-electron chi connectivity index (χ3n) is 5.14. The van der Waals surface area contributed by atoms with E-state index < -0.39 is 24.1 Å². The van der Waals surface area contributed by atoms with E-state index in [9.17, 15) is 9.59 Å². The fourth-order valence-electron chi connectivity index (χ4n) is 3.55. The third kappa shape index (κ3) is 4.04. The molecule has 1 saturated heterocycles. The molecule has 2 heterocycles. The van der Waals surface area contributed by atoms with E-state index in [0.717, 1.165) is 18.8 Å². The number of para-hydroxylation sites is 2. The quantitative estimate of drug-likeness (QED) is 0.772. The van der Waals surface area contributed by atoms with Gasteiger partial charge in [0.2, 0.25) is 6.10 Å². The lowest BCUT2D eigenvalue weighted by molar-refractivity contribution is -0.128. The summed E-state index contributed by atoms with van der Waals surface area (Å²) in [5.41, 5.74) is 1.51. The first-order valence-corrected chi connectivity index (χ1v) is 9.85. The molecular weight excluding hydrogens is 388 g/mol. The Bertz CT molecular complexity index is 941. The number of morpholine rings is 1. The Hall–Kier alpha value is -3.26. The van der Waals surface area contributed by atoms with Crippen molar-refractivity contribution in [3.63, 3.8) is 0 Å². The first-order valence-electron chi connectivity index (χ1n) is 9.85. The van der Waals surface area contributed by atoms with Gasteiger partial charge in [-0.15, -0.1) is 0 Å². The number of carbonyl (C=O) groups excluding carboxylic acids is 2. The molecule has 1 amide bonds. The molecule has 1 N–H and O–H groups in total. The van der Waals surface area contributed by atoms with Crippen molar-refractivity contribution in [1.82, 2.24) is 0 Å². The number of esters is 1. The molecule has 2 atom stereocenters. The minimum atomic E-state index is -0.857. The van der Waals surface area contributed by atoms with Crippen molar-refractivity contribution in [3.05, 3.63) is 48.0 Å². The van der Waals surface area contributed by atoms with Crippen molar-refractivity contribution in [3.8, 4) is 11.5 Å². The number of nitrogens with one attached hydrogen (secondary N) is 1. The summed E-state index contributed by atoms with van der Waals surface area (Å²) >= 11 is 0. The number of rotatable bonds is 4. The predicted molar refractivity (Wildman–Crippen MR) is 110 cm³/mol. The molecule has 0 aliphatic carbocycles. The van der Waals surface area contributed by atoms with Crippen LogP contribution in [0.5, 0.6) is 11.5 Å². The van der Waals surface area contributed by atoms with Gasteiger partial charge >= 0.3 is 5.97 Å². The molecule has 2 aliphatic heterocycles. The maximum atomic E-state index is 12.9. The molecule has 8 nitrogen and oxygen atoms in total. The first-order chi connectivity index (χ1) is 14.6. The summed E-state index contributed by atoms with van der Waals surface area (Å²) in [5, 5.41) is 2.80. The summed E-state index contributed by atoms with van der Waals surface area (Å²) in [5.74, 6) is 0.173. The van der Waals surface area contributed by atoms with E-state index in [2.05, 4.69) is 10.2 Å². The zero-order valence-electron chi connectivity index (χ0n) is 16.9. The zero-order valence-corrected chi connectivity index (χ0v) is 16.9. The number of nitrogens with zero attached hydrogens (tertiary/aromatic N) is 1. The van der Waals surface area contributed by atoms with Crippen molar-refractivity contribution >= 4 is 23.3 Å². The maximum absolute atomic E-state index is 12.9. The van der Waals surface area contributed by atoms with Gasteiger partial charge in [0.15, 0.2) is 11.5 Å². The number of ether oxygens (including phenoxy) is 4. The lowest BCUT2D eigenvalue weighted by atomic mass is 10.1. The number of methoxy groups -OCH3 is 1. The van der Waals surface area contributed by atoms with E-state index in [1.807, 2.05) is 18.2 Å². The topological polar surface area (TPSA) is 86.3 Å². The molecule has 0 spiro atoms. The highest BCUT2D eigenvalue weighted by Gasteiger charge is 2.34. The number of benzene rings is 2. The van der Waals surface area contributed by atoms with Crippen molar-refractivity contribution in [2.45, 2.75) is 19.1 Å². The number of hydrogen-bond acceptors (Lipinski definition) is 7. The molecule has 2 aromatic carbocycles. The Kier molecular flexibility index (Phi) is 5.76.